The van der Waals surface area contributed by atoms with Crippen LogP contribution in [-0.2, 0) is 4.74 Å². The average Bonchev–Trinajstić information content (AvgIpc) is 2.06. The number of hydrogen-bond donors (Lipinski definition) is 0. The topological polar surface area (TPSA) is 18.5 Å². The lowest BCUT2D eigenvalue weighted by Crippen LogP contribution is -2.51. The molecular formula is C10H11ClO2. The van der Waals surface area contributed by atoms with Crippen LogP contribution in [0, 0.1) is 0 Å². The summed E-state index contributed by atoms with van der Waals surface area (Å²) in [5, 5.41) is 0.649. The Morgan fingerprint density at radius 3 is 2.62 bits per heavy atom. The third kappa shape index (κ3) is 1.79. The summed E-state index contributed by atoms with van der Waals surface area (Å²) in [4.78, 5) is 0. The second kappa shape index (κ2) is 3.20. The van der Waals surface area contributed by atoms with Crippen molar-refractivity contribution in [3.63, 3.8) is 0 Å². The maximum absolute atomic E-state index is 5.95. The molecule has 1 saturated heterocycles. The first-order valence-corrected chi connectivity index (χ1v) is 4.59. The monoisotopic (exact) mass is 198 g/mol. The van der Waals surface area contributed by atoms with Gasteiger partial charge in [0.05, 0.1) is 18.2 Å². The van der Waals surface area contributed by atoms with Crippen LogP contribution in [0.4, 0.5) is 0 Å². The number of para-hydroxylation sites is 1. The van der Waals surface area contributed by atoms with Gasteiger partial charge >= 0.3 is 0 Å². The van der Waals surface area contributed by atoms with Crippen molar-refractivity contribution >= 4 is 11.6 Å². The molecule has 0 aromatic heterocycles. The summed E-state index contributed by atoms with van der Waals surface area (Å²) in [6.07, 6.45) is 0. The molecule has 0 N–H and O–H groups in total. The van der Waals surface area contributed by atoms with E-state index in [-0.39, 0.29) is 5.60 Å². The van der Waals surface area contributed by atoms with Crippen LogP contribution in [0.1, 0.15) is 6.92 Å². The van der Waals surface area contributed by atoms with E-state index in [0.29, 0.717) is 18.2 Å². The second-order valence-corrected chi connectivity index (χ2v) is 3.88. The Kier molecular flexibility index (Phi) is 2.18. The molecule has 1 aliphatic rings. The maximum Gasteiger partial charge on any atom is 0.153 e. The van der Waals surface area contributed by atoms with Gasteiger partial charge in [-0.05, 0) is 19.1 Å². The Balaban J connectivity index is 2.13. The SMILES string of the molecule is CC1(Oc2ccccc2Cl)COC1. The second-order valence-electron chi connectivity index (χ2n) is 3.48. The third-order valence-corrected chi connectivity index (χ3v) is 2.32. The van der Waals surface area contributed by atoms with Crippen molar-refractivity contribution in [2.24, 2.45) is 0 Å². The Morgan fingerprint density at radius 1 is 1.38 bits per heavy atom. The van der Waals surface area contributed by atoms with E-state index in [1.54, 1.807) is 0 Å². The van der Waals surface area contributed by atoms with Crippen molar-refractivity contribution in [2.75, 3.05) is 13.2 Å². The molecule has 1 fully saturated rings. The van der Waals surface area contributed by atoms with Crippen molar-refractivity contribution < 1.29 is 9.47 Å². The summed E-state index contributed by atoms with van der Waals surface area (Å²) in [5.41, 5.74) is -0.189. The summed E-state index contributed by atoms with van der Waals surface area (Å²) in [6.45, 7) is 3.29. The average molecular weight is 199 g/mol. The molecule has 0 bridgehead atoms. The van der Waals surface area contributed by atoms with E-state index in [1.807, 2.05) is 31.2 Å². The Labute approximate surface area is 82.4 Å². The quantitative estimate of drug-likeness (QED) is 0.727. The van der Waals surface area contributed by atoms with Crippen LogP contribution in [0.25, 0.3) is 0 Å². The smallest absolute Gasteiger partial charge is 0.153 e. The minimum absolute atomic E-state index is 0.189. The van der Waals surface area contributed by atoms with Crippen LogP contribution in [0.15, 0.2) is 24.3 Å². The first kappa shape index (κ1) is 8.85. The van der Waals surface area contributed by atoms with Crippen LogP contribution in [0.3, 0.4) is 0 Å². The van der Waals surface area contributed by atoms with Crippen molar-refractivity contribution in [1.29, 1.82) is 0 Å². The molecule has 0 unspecified atom stereocenters. The number of ether oxygens (including phenoxy) is 2. The Morgan fingerprint density at radius 2 is 2.08 bits per heavy atom. The van der Waals surface area contributed by atoms with Gasteiger partial charge in [0, 0.05) is 0 Å². The minimum Gasteiger partial charge on any atom is -0.481 e. The Bertz CT molecular complexity index is 308. The highest BCUT2D eigenvalue weighted by atomic mass is 35.5. The van der Waals surface area contributed by atoms with E-state index in [0.717, 1.165) is 5.75 Å². The van der Waals surface area contributed by atoms with E-state index in [9.17, 15) is 0 Å². The molecule has 1 aromatic rings. The molecule has 1 aliphatic heterocycles. The van der Waals surface area contributed by atoms with E-state index in [4.69, 9.17) is 21.1 Å². The van der Waals surface area contributed by atoms with Gasteiger partial charge in [-0.1, -0.05) is 23.7 Å². The highest BCUT2D eigenvalue weighted by Crippen LogP contribution is 2.30. The summed E-state index contributed by atoms with van der Waals surface area (Å²) in [6, 6.07) is 7.48. The van der Waals surface area contributed by atoms with Crippen LogP contribution in [-0.4, -0.2) is 18.8 Å². The van der Waals surface area contributed by atoms with Gasteiger partial charge in [-0.2, -0.15) is 0 Å². The lowest BCUT2D eigenvalue weighted by molar-refractivity contribution is -0.149. The molecule has 2 nitrogen and oxygen atoms in total. The molecule has 0 atom stereocenters. The summed E-state index contributed by atoms with van der Waals surface area (Å²) in [5.74, 6) is 0.731. The van der Waals surface area contributed by atoms with Gasteiger partial charge in [0.15, 0.2) is 5.60 Å². The predicted molar refractivity (Wildman–Crippen MR) is 51.3 cm³/mol. The van der Waals surface area contributed by atoms with Gasteiger partial charge in [-0.15, -0.1) is 0 Å². The summed E-state index contributed by atoms with van der Waals surface area (Å²) >= 11 is 5.95. The fourth-order valence-corrected chi connectivity index (χ4v) is 1.42. The molecule has 0 spiro atoms. The zero-order valence-corrected chi connectivity index (χ0v) is 8.17. The fourth-order valence-electron chi connectivity index (χ4n) is 1.24. The van der Waals surface area contributed by atoms with Crippen LogP contribution in [0.5, 0.6) is 5.75 Å². The maximum atomic E-state index is 5.95. The molecule has 0 amide bonds. The van der Waals surface area contributed by atoms with Crippen molar-refractivity contribution in [3.8, 4) is 5.75 Å². The van der Waals surface area contributed by atoms with E-state index < -0.39 is 0 Å². The summed E-state index contributed by atoms with van der Waals surface area (Å²) in [7, 11) is 0. The number of hydrogen-bond acceptors (Lipinski definition) is 2. The molecule has 1 heterocycles. The molecule has 0 saturated carbocycles. The third-order valence-electron chi connectivity index (χ3n) is 2.01. The van der Waals surface area contributed by atoms with Gasteiger partial charge < -0.3 is 9.47 Å². The van der Waals surface area contributed by atoms with Crippen LogP contribution in [0.2, 0.25) is 5.02 Å². The van der Waals surface area contributed by atoms with Gasteiger partial charge in [0.1, 0.15) is 5.75 Å². The standard InChI is InChI=1S/C10H11ClO2/c1-10(6-12-7-10)13-9-5-3-2-4-8(9)11/h2-5H,6-7H2,1H3. The summed E-state index contributed by atoms with van der Waals surface area (Å²) < 4.78 is 10.8. The molecule has 0 radical (unpaired) electrons. The van der Waals surface area contributed by atoms with Gasteiger partial charge in [-0.25, -0.2) is 0 Å². The molecule has 1 aromatic carbocycles. The molecular weight excluding hydrogens is 188 g/mol. The van der Waals surface area contributed by atoms with Gasteiger partial charge in [-0.3, -0.25) is 0 Å². The molecule has 13 heavy (non-hydrogen) atoms. The van der Waals surface area contributed by atoms with E-state index in [1.165, 1.54) is 0 Å². The minimum atomic E-state index is -0.189. The van der Waals surface area contributed by atoms with E-state index in [2.05, 4.69) is 0 Å². The highest BCUT2D eigenvalue weighted by Gasteiger charge is 2.36. The van der Waals surface area contributed by atoms with Crippen molar-refractivity contribution in [1.82, 2.24) is 0 Å². The van der Waals surface area contributed by atoms with Gasteiger partial charge in [0.25, 0.3) is 0 Å². The zero-order chi connectivity index (χ0) is 9.31. The van der Waals surface area contributed by atoms with Crippen LogP contribution < -0.4 is 4.74 Å². The fraction of sp³-hybridized carbons (Fsp3) is 0.400. The number of benzene rings is 1. The first-order valence-electron chi connectivity index (χ1n) is 4.21. The number of halogens is 1. The van der Waals surface area contributed by atoms with Gasteiger partial charge in [0.2, 0.25) is 0 Å². The lowest BCUT2D eigenvalue weighted by atomic mass is 10.1. The lowest BCUT2D eigenvalue weighted by Gasteiger charge is -2.38. The molecule has 0 aliphatic carbocycles. The van der Waals surface area contributed by atoms with E-state index >= 15 is 0 Å². The largest absolute Gasteiger partial charge is 0.481 e. The molecule has 70 valence electrons. The molecule has 3 heteroatoms. The number of rotatable bonds is 2. The van der Waals surface area contributed by atoms with Crippen molar-refractivity contribution in [2.45, 2.75) is 12.5 Å². The zero-order valence-electron chi connectivity index (χ0n) is 7.42. The van der Waals surface area contributed by atoms with Crippen molar-refractivity contribution in [3.05, 3.63) is 29.3 Å². The molecule has 2 rings (SSSR count). The highest BCUT2D eigenvalue weighted by molar-refractivity contribution is 6.32. The predicted octanol–water partition coefficient (Wildman–Crippen LogP) is 2.51. The first-order chi connectivity index (χ1) is 6.20. The van der Waals surface area contributed by atoms with Crippen LogP contribution >= 0.6 is 11.6 Å². The Hall–Kier alpha value is -0.730. The normalized spacial score (nSPS) is 19.2.